The van der Waals surface area contributed by atoms with E-state index in [9.17, 15) is 22.0 Å². The van der Waals surface area contributed by atoms with Gasteiger partial charge in [0.2, 0.25) is 0 Å². The van der Waals surface area contributed by atoms with Crippen molar-refractivity contribution >= 4 is 15.8 Å². The lowest BCUT2D eigenvalue weighted by atomic mass is 10.0. The fourth-order valence-corrected chi connectivity index (χ4v) is 6.73. The van der Waals surface area contributed by atoms with E-state index in [-0.39, 0.29) is 23.1 Å². The van der Waals surface area contributed by atoms with E-state index in [1.807, 2.05) is 10.9 Å². The van der Waals surface area contributed by atoms with Crippen LogP contribution in [0.3, 0.4) is 0 Å². The molecular weight excluding hydrogens is 581 g/mol. The molecule has 1 fully saturated rings. The molecule has 0 radical (unpaired) electrons. The number of piperidine rings is 1. The smallest absolute Gasteiger partial charge is 0.307 e. The molecule has 2 aromatic carbocycles. The number of hydrogen-bond acceptors (Lipinski definition) is 7. The maximum Gasteiger partial charge on any atom is 0.307 e. The lowest BCUT2D eigenvalue weighted by Gasteiger charge is -2.31. The second-order valence-electron chi connectivity index (χ2n) is 10.3. The predicted octanol–water partition coefficient (Wildman–Crippen LogP) is 5.59. The molecule has 2 aromatic heterocycles. The fraction of sp³-hybridized carbons (Fsp3) is 0.323. The second kappa shape index (κ2) is 13.1. The third-order valence-corrected chi connectivity index (χ3v) is 9.17. The lowest BCUT2D eigenvalue weighted by Crippen LogP contribution is -2.36. The van der Waals surface area contributed by atoms with E-state index in [0.29, 0.717) is 36.9 Å². The van der Waals surface area contributed by atoms with Crippen molar-refractivity contribution in [2.45, 2.75) is 42.9 Å². The number of halogens is 3. The normalized spacial score (nSPS) is 14.6. The zero-order valence-corrected chi connectivity index (χ0v) is 24.4. The minimum Gasteiger partial charge on any atom is -0.466 e. The van der Waals surface area contributed by atoms with E-state index in [0.717, 1.165) is 43.6 Å². The highest BCUT2D eigenvalue weighted by molar-refractivity contribution is 7.90. The van der Waals surface area contributed by atoms with E-state index in [1.165, 1.54) is 18.2 Å². The Kier molecular flexibility index (Phi) is 9.26. The topological polar surface area (TPSA) is 94.4 Å². The van der Waals surface area contributed by atoms with Gasteiger partial charge in [0.05, 0.1) is 24.8 Å². The number of aromatic nitrogens is 3. The first-order valence-electron chi connectivity index (χ1n) is 14.0. The molecule has 0 amide bonds. The number of benzene rings is 2. The number of rotatable bonds is 10. The van der Waals surface area contributed by atoms with Crippen LogP contribution in [0.5, 0.6) is 0 Å². The van der Waals surface area contributed by atoms with Gasteiger partial charge in [0, 0.05) is 54.9 Å². The van der Waals surface area contributed by atoms with E-state index >= 15 is 4.39 Å². The Morgan fingerprint density at radius 3 is 2.49 bits per heavy atom. The Hall–Kier alpha value is -4.03. The Bertz CT molecular complexity index is 1710. The van der Waals surface area contributed by atoms with Gasteiger partial charge in [-0.1, -0.05) is 12.1 Å². The first kappa shape index (κ1) is 30.4. The van der Waals surface area contributed by atoms with E-state index in [2.05, 4.69) is 9.88 Å². The molecule has 8 nitrogen and oxygen atoms in total. The van der Waals surface area contributed by atoms with Crippen LogP contribution < -0.4 is 0 Å². The average Bonchev–Trinajstić information content (AvgIpc) is 3.44. The highest BCUT2D eigenvalue weighted by Crippen LogP contribution is 2.36. The molecule has 43 heavy (non-hydrogen) atoms. The van der Waals surface area contributed by atoms with Crippen molar-refractivity contribution in [3.8, 4) is 22.4 Å². The monoisotopic (exact) mass is 612 g/mol. The van der Waals surface area contributed by atoms with Crippen molar-refractivity contribution in [2.75, 3.05) is 26.2 Å². The number of carbonyl (C=O) groups excluding carboxylic acids is 1. The molecule has 1 aliphatic heterocycles. The molecule has 0 N–H and O–H groups in total. The summed E-state index contributed by atoms with van der Waals surface area (Å²) in [4.78, 5) is 17.2. The van der Waals surface area contributed by atoms with Gasteiger partial charge in [-0.2, -0.15) is 5.10 Å². The van der Waals surface area contributed by atoms with Crippen molar-refractivity contribution < 1.29 is 31.1 Å². The van der Waals surface area contributed by atoms with E-state index in [4.69, 9.17) is 9.84 Å². The van der Waals surface area contributed by atoms with Crippen LogP contribution in [-0.2, 0) is 25.1 Å². The predicted molar refractivity (Wildman–Crippen MR) is 154 cm³/mol. The quantitative estimate of drug-likeness (QED) is 0.216. The van der Waals surface area contributed by atoms with Crippen molar-refractivity contribution in [3.63, 3.8) is 0 Å². The van der Waals surface area contributed by atoms with Gasteiger partial charge in [-0.05, 0) is 61.7 Å². The summed E-state index contributed by atoms with van der Waals surface area (Å²) in [6.07, 6.45) is 6.94. The Morgan fingerprint density at radius 1 is 1.02 bits per heavy atom. The van der Waals surface area contributed by atoms with Crippen molar-refractivity contribution in [3.05, 3.63) is 90.1 Å². The molecule has 0 unspecified atom stereocenters. The maximum absolute atomic E-state index is 16.0. The summed E-state index contributed by atoms with van der Waals surface area (Å²) in [7, 11) is -4.40. The van der Waals surface area contributed by atoms with Crippen LogP contribution in [0.25, 0.3) is 22.4 Å². The summed E-state index contributed by atoms with van der Waals surface area (Å²) in [6, 6.07) is 10.1. The minimum absolute atomic E-state index is 0.0238. The van der Waals surface area contributed by atoms with Gasteiger partial charge in [0.15, 0.2) is 9.84 Å². The molecule has 0 spiro atoms. The Labute approximate surface area is 248 Å². The number of carbonyl (C=O) groups is 1. The summed E-state index contributed by atoms with van der Waals surface area (Å²) >= 11 is 0. The van der Waals surface area contributed by atoms with Crippen molar-refractivity contribution in [1.29, 1.82) is 0 Å². The largest absolute Gasteiger partial charge is 0.466 e. The van der Waals surface area contributed by atoms with Gasteiger partial charge in [0.1, 0.15) is 28.0 Å². The molecule has 0 atom stereocenters. The molecule has 3 heterocycles. The molecule has 0 bridgehead atoms. The molecule has 226 valence electrons. The minimum atomic E-state index is -4.40. The zero-order valence-electron chi connectivity index (χ0n) is 23.5. The molecular formula is C31H31F3N4O4S. The first-order valence-corrected chi connectivity index (χ1v) is 15.6. The highest BCUT2D eigenvalue weighted by Gasteiger charge is 2.27. The summed E-state index contributed by atoms with van der Waals surface area (Å²) in [5.74, 6) is -3.91. The van der Waals surface area contributed by atoms with Gasteiger partial charge in [-0.25, -0.2) is 21.6 Å². The maximum atomic E-state index is 16.0. The molecule has 1 aliphatic rings. The van der Waals surface area contributed by atoms with Gasteiger partial charge >= 0.3 is 5.97 Å². The molecule has 0 saturated carbocycles. The number of nitrogens with zero attached hydrogens (tertiary/aromatic N) is 4. The van der Waals surface area contributed by atoms with Crippen LogP contribution >= 0.6 is 0 Å². The van der Waals surface area contributed by atoms with Crippen molar-refractivity contribution in [2.24, 2.45) is 0 Å². The number of hydrogen-bond donors (Lipinski definition) is 0. The first-order chi connectivity index (χ1) is 20.7. The third-order valence-electron chi connectivity index (χ3n) is 7.50. The Balaban J connectivity index is 1.43. The van der Waals surface area contributed by atoms with Crippen LogP contribution in [0, 0.1) is 17.5 Å². The molecule has 12 heteroatoms. The summed E-state index contributed by atoms with van der Waals surface area (Å²) in [5.41, 5.74) is 1.62. The average molecular weight is 613 g/mol. The number of sulfone groups is 1. The summed E-state index contributed by atoms with van der Waals surface area (Å²) in [6.45, 7) is 4.25. The van der Waals surface area contributed by atoms with E-state index in [1.54, 1.807) is 31.5 Å². The Morgan fingerprint density at radius 2 is 1.77 bits per heavy atom. The number of pyridine rings is 1. The van der Waals surface area contributed by atoms with Crippen molar-refractivity contribution in [1.82, 2.24) is 19.7 Å². The van der Waals surface area contributed by atoms with Crippen LogP contribution in [0.4, 0.5) is 13.2 Å². The summed E-state index contributed by atoms with van der Waals surface area (Å²) < 4.78 is 76.9. The third kappa shape index (κ3) is 6.97. The number of ether oxygens (including phenoxy) is 1. The van der Waals surface area contributed by atoms with Gasteiger partial charge in [-0.3, -0.25) is 14.5 Å². The molecule has 5 rings (SSSR count). The zero-order chi connectivity index (χ0) is 30.6. The van der Waals surface area contributed by atoms with Crippen LogP contribution in [0.2, 0.25) is 0 Å². The number of likely N-dealkylation sites (tertiary alicyclic amines) is 1. The SMILES string of the molecule is CCOC(=O)CCN1CCC(n2cc(-c3ccncc3)c(-c3cccc(CS(=O)(=O)c4cc(F)ccc4F)c3F)n2)CC1. The molecule has 1 saturated heterocycles. The number of esters is 1. The van der Waals surface area contributed by atoms with Crippen LogP contribution in [0.1, 0.15) is 37.8 Å². The van der Waals surface area contributed by atoms with Crippen LogP contribution in [0.15, 0.2) is 72.0 Å². The second-order valence-corrected chi connectivity index (χ2v) is 12.3. The lowest BCUT2D eigenvalue weighted by molar-refractivity contribution is -0.143. The van der Waals surface area contributed by atoms with Gasteiger partial charge in [-0.15, -0.1) is 0 Å². The molecule has 0 aliphatic carbocycles. The van der Waals surface area contributed by atoms with Crippen LogP contribution in [-0.4, -0.2) is 60.3 Å². The standard InChI is InChI=1S/C31H31F3N4O4S/c1-2-42-29(39)12-17-37-15-10-24(11-16-37)38-19-26(21-8-13-35-14-9-21)31(36-38)25-5-3-4-22(30(25)34)20-43(40,41)28-18-23(32)6-7-27(28)33/h3-9,13-14,18-19,24H,2,10-12,15-17,20H2,1H3. The van der Waals surface area contributed by atoms with Gasteiger partial charge < -0.3 is 9.64 Å². The molecule has 4 aromatic rings. The fourth-order valence-electron chi connectivity index (χ4n) is 5.28. The highest BCUT2D eigenvalue weighted by atomic mass is 32.2. The van der Waals surface area contributed by atoms with Gasteiger partial charge in [0.25, 0.3) is 0 Å². The van der Waals surface area contributed by atoms with E-state index < -0.39 is 37.9 Å². The summed E-state index contributed by atoms with van der Waals surface area (Å²) in [5, 5.41) is 4.79.